The fourth-order valence-electron chi connectivity index (χ4n) is 4.78. The van der Waals surface area contributed by atoms with Crippen molar-refractivity contribution in [2.45, 2.75) is 29.7 Å². The molecule has 0 fully saturated rings. The highest BCUT2D eigenvalue weighted by Gasteiger charge is 2.31. The topological polar surface area (TPSA) is 84.9 Å². The average Bonchev–Trinajstić information content (AvgIpc) is 3.07. The standard InChI is InChI=1S/C32H30N2O5S/c1-21-8-4-5-9-24(21)20-34-26-19-23(13-15-30(26)40(37)29-11-7-6-10-25(29)32(34)36)31(35)33-17-16-22-12-14-27(38-2)28(18-22)39-3/h4-15,18-19H,16-17,20H2,1-3H3,(H,33,35)/t40-/m0/s1. The lowest BCUT2D eigenvalue weighted by Gasteiger charge is -2.24. The lowest BCUT2D eigenvalue weighted by atomic mass is 10.1. The summed E-state index contributed by atoms with van der Waals surface area (Å²) in [6, 6.07) is 25.5. The van der Waals surface area contributed by atoms with Gasteiger partial charge >= 0.3 is 0 Å². The molecule has 2 amide bonds. The summed E-state index contributed by atoms with van der Waals surface area (Å²) >= 11 is 0. The van der Waals surface area contributed by atoms with Gasteiger partial charge in [0.1, 0.15) is 0 Å². The lowest BCUT2D eigenvalue weighted by Crippen LogP contribution is -2.31. The second kappa shape index (κ2) is 11.8. The first-order valence-electron chi connectivity index (χ1n) is 12.9. The molecule has 0 bridgehead atoms. The first-order chi connectivity index (χ1) is 19.4. The SMILES string of the molecule is COc1ccc(CCNC(=O)c2ccc3c(c2)N(Cc2ccccc2C)C(=O)c2ccccc2[S@@]3=O)cc1OC. The maximum absolute atomic E-state index is 13.8. The van der Waals surface area contributed by atoms with Crippen molar-refractivity contribution in [1.82, 2.24) is 5.32 Å². The second-order valence-electron chi connectivity index (χ2n) is 9.46. The molecular weight excluding hydrogens is 524 g/mol. The number of rotatable bonds is 8. The molecule has 5 rings (SSSR count). The highest BCUT2D eigenvalue weighted by molar-refractivity contribution is 7.85. The van der Waals surface area contributed by atoms with Crippen molar-refractivity contribution in [2.24, 2.45) is 0 Å². The van der Waals surface area contributed by atoms with E-state index in [1.807, 2.05) is 49.4 Å². The Hall–Kier alpha value is -4.43. The molecule has 1 aliphatic heterocycles. The van der Waals surface area contributed by atoms with Crippen molar-refractivity contribution in [3.63, 3.8) is 0 Å². The molecule has 4 aromatic rings. The van der Waals surface area contributed by atoms with Crippen LogP contribution in [0.5, 0.6) is 11.5 Å². The number of fused-ring (bicyclic) bond motifs is 2. The molecule has 1 N–H and O–H groups in total. The Morgan fingerprint density at radius 3 is 2.40 bits per heavy atom. The van der Waals surface area contributed by atoms with Crippen LogP contribution >= 0.6 is 0 Å². The summed E-state index contributed by atoms with van der Waals surface area (Å²) in [4.78, 5) is 29.6. The monoisotopic (exact) mass is 554 g/mol. The number of aryl methyl sites for hydroxylation is 1. The number of hydrogen-bond acceptors (Lipinski definition) is 5. The van der Waals surface area contributed by atoms with Crippen LogP contribution < -0.4 is 19.7 Å². The number of hydrogen-bond donors (Lipinski definition) is 1. The van der Waals surface area contributed by atoms with Gasteiger partial charge in [-0.3, -0.25) is 9.59 Å². The maximum Gasteiger partial charge on any atom is 0.259 e. The summed E-state index contributed by atoms with van der Waals surface area (Å²) < 4.78 is 24.3. The molecule has 0 spiro atoms. The number of carbonyl (C=O) groups is 2. The molecule has 40 heavy (non-hydrogen) atoms. The van der Waals surface area contributed by atoms with Crippen LogP contribution in [0.1, 0.15) is 37.4 Å². The Balaban J connectivity index is 1.43. The van der Waals surface area contributed by atoms with Crippen molar-refractivity contribution in [1.29, 1.82) is 0 Å². The molecule has 0 saturated carbocycles. The van der Waals surface area contributed by atoms with Crippen molar-refractivity contribution < 1.29 is 23.3 Å². The number of amides is 2. The molecule has 0 saturated heterocycles. The fraction of sp³-hybridized carbons (Fsp3) is 0.188. The smallest absolute Gasteiger partial charge is 0.259 e. The minimum Gasteiger partial charge on any atom is -0.493 e. The molecule has 4 aromatic carbocycles. The van der Waals surface area contributed by atoms with E-state index in [1.165, 1.54) is 0 Å². The predicted octanol–water partition coefficient (Wildman–Crippen LogP) is 5.31. The Labute approximate surface area is 236 Å². The molecule has 1 atom stereocenters. The number of nitrogens with zero attached hydrogens (tertiary/aromatic N) is 1. The molecule has 7 nitrogen and oxygen atoms in total. The summed E-state index contributed by atoms with van der Waals surface area (Å²) in [5.41, 5.74) is 4.25. The maximum atomic E-state index is 13.8. The Bertz CT molecular complexity index is 1620. The van der Waals surface area contributed by atoms with Gasteiger partial charge in [0.05, 0.1) is 52.6 Å². The normalized spacial score (nSPS) is 14.1. The number of methoxy groups -OCH3 is 2. The number of nitrogens with one attached hydrogen (secondary N) is 1. The van der Waals surface area contributed by atoms with Crippen LogP contribution in [0.4, 0.5) is 5.69 Å². The molecule has 8 heteroatoms. The van der Waals surface area contributed by atoms with Crippen molar-refractivity contribution in [3.05, 3.63) is 113 Å². The predicted molar refractivity (Wildman–Crippen MR) is 155 cm³/mol. The number of carbonyl (C=O) groups excluding carboxylic acids is 2. The first-order valence-corrected chi connectivity index (χ1v) is 14.1. The largest absolute Gasteiger partial charge is 0.493 e. The zero-order valence-electron chi connectivity index (χ0n) is 22.6. The van der Waals surface area contributed by atoms with E-state index in [-0.39, 0.29) is 18.4 Å². The third-order valence-corrected chi connectivity index (χ3v) is 8.51. The molecular formula is C32H30N2O5S. The van der Waals surface area contributed by atoms with E-state index < -0.39 is 10.8 Å². The van der Waals surface area contributed by atoms with Gasteiger partial charge in [0.2, 0.25) is 0 Å². The van der Waals surface area contributed by atoms with Gasteiger partial charge in [-0.1, -0.05) is 42.5 Å². The van der Waals surface area contributed by atoms with E-state index in [4.69, 9.17) is 9.47 Å². The van der Waals surface area contributed by atoms with E-state index >= 15 is 0 Å². The van der Waals surface area contributed by atoms with Crippen molar-refractivity contribution in [3.8, 4) is 11.5 Å². The van der Waals surface area contributed by atoms with Gasteiger partial charge in [0, 0.05) is 12.1 Å². The fourth-order valence-corrected chi connectivity index (χ4v) is 6.12. The summed E-state index contributed by atoms with van der Waals surface area (Å²) in [7, 11) is 1.58. The third kappa shape index (κ3) is 5.35. The van der Waals surface area contributed by atoms with Gasteiger partial charge < -0.3 is 19.7 Å². The highest BCUT2D eigenvalue weighted by atomic mass is 32.2. The van der Waals surface area contributed by atoms with Crippen molar-refractivity contribution in [2.75, 3.05) is 25.7 Å². The van der Waals surface area contributed by atoms with E-state index in [0.29, 0.717) is 51.1 Å². The minimum absolute atomic E-state index is 0.253. The summed E-state index contributed by atoms with van der Waals surface area (Å²) in [5.74, 6) is 0.741. The average molecular weight is 555 g/mol. The van der Waals surface area contributed by atoms with Crippen molar-refractivity contribution >= 4 is 28.3 Å². The van der Waals surface area contributed by atoms with E-state index in [9.17, 15) is 13.8 Å². The summed E-state index contributed by atoms with van der Waals surface area (Å²) in [6.07, 6.45) is 0.592. The number of benzene rings is 4. The van der Waals surface area contributed by atoms with Gasteiger partial charge in [0.25, 0.3) is 11.8 Å². The van der Waals surface area contributed by atoms with Crippen LogP contribution in [0, 0.1) is 6.92 Å². The molecule has 0 aromatic heterocycles. The van der Waals surface area contributed by atoms with E-state index in [2.05, 4.69) is 5.32 Å². The van der Waals surface area contributed by atoms with Crippen LogP contribution in [-0.4, -0.2) is 36.8 Å². The summed E-state index contributed by atoms with van der Waals surface area (Å²) in [6.45, 7) is 2.68. The van der Waals surface area contributed by atoms with Crippen LogP contribution in [0.25, 0.3) is 0 Å². The highest BCUT2D eigenvalue weighted by Crippen LogP contribution is 2.36. The zero-order valence-corrected chi connectivity index (χ0v) is 23.4. The molecule has 204 valence electrons. The molecule has 0 radical (unpaired) electrons. The van der Waals surface area contributed by atoms with Crippen LogP contribution in [0.15, 0.2) is 94.7 Å². The quantitative estimate of drug-likeness (QED) is 0.319. The zero-order chi connectivity index (χ0) is 28.2. The van der Waals surface area contributed by atoms with E-state index in [1.54, 1.807) is 61.6 Å². The van der Waals surface area contributed by atoms with Gasteiger partial charge in [-0.05, 0) is 72.5 Å². The number of anilines is 1. The molecule has 1 heterocycles. The van der Waals surface area contributed by atoms with Gasteiger partial charge in [-0.15, -0.1) is 0 Å². The van der Waals surface area contributed by atoms with E-state index in [0.717, 1.165) is 16.7 Å². The number of ether oxygens (including phenoxy) is 2. The van der Waals surface area contributed by atoms with Crippen LogP contribution in [0.3, 0.4) is 0 Å². The Morgan fingerprint density at radius 1 is 0.875 bits per heavy atom. The Morgan fingerprint density at radius 2 is 1.62 bits per heavy atom. The summed E-state index contributed by atoms with van der Waals surface area (Å²) in [5, 5.41) is 2.96. The molecule has 0 unspecified atom stereocenters. The molecule has 0 aliphatic carbocycles. The van der Waals surface area contributed by atoms with Gasteiger partial charge in [-0.2, -0.15) is 0 Å². The lowest BCUT2D eigenvalue weighted by molar-refractivity contribution is 0.0950. The Kier molecular flexibility index (Phi) is 7.98. The van der Waals surface area contributed by atoms with Crippen LogP contribution in [0.2, 0.25) is 0 Å². The first kappa shape index (κ1) is 27.1. The minimum atomic E-state index is -1.59. The van der Waals surface area contributed by atoms with Gasteiger partial charge in [-0.25, -0.2) is 4.21 Å². The third-order valence-electron chi connectivity index (χ3n) is 7.01. The molecule has 1 aliphatic rings. The second-order valence-corrected chi connectivity index (χ2v) is 10.9. The van der Waals surface area contributed by atoms with Gasteiger partial charge in [0.15, 0.2) is 11.5 Å². The van der Waals surface area contributed by atoms with Crippen LogP contribution in [-0.2, 0) is 23.8 Å².